The highest BCUT2D eigenvalue weighted by molar-refractivity contribution is 5.27. The van der Waals surface area contributed by atoms with Crippen molar-refractivity contribution in [1.29, 1.82) is 0 Å². The average molecular weight is 219 g/mol. The van der Waals surface area contributed by atoms with Gasteiger partial charge in [-0.3, -0.25) is 0 Å². The smallest absolute Gasteiger partial charge is 0.130 e. The van der Waals surface area contributed by atoms with Crippen molar-refractivity contribution in [2.45, 2.75) is 58.4 Å². The molecule has 1 aromatic heterocycles. The van der Waals surface area contributed by atoms with Crippen LogP contribution in [-0.4, -0.2) is 16.0 Å². The Labute approximate surface area is 97.5 Å². The first-order valence-electron chi connectivity index (χ1n) is 6.31. The summed E-state index contributed by atoms with van der Waals surface area (Å²) in [6.45, 7) is 4.21. The molecule has 1 aliphatic carbocycles. The molecule has 0 aliphatic heterocycles. The molecule has 0 saturated heterocycles. The van der Waals surface area contributed by atoms with Crippen LogP contribution >= 0.6 is 0 Å². The Balaban J connectivity index is 2.24. The SMILES string of the molecule is CCC(N)Cc1nc(C)c2c(n1)CCCC2. The van der Waals surface area contributed by atoms with Crippen LogP contribution in [0.1, 0.15) is 49.0 Å². The molecule has 1 aliphatic rings. The highest BCUT2D eigenvalue weighted by Gasteiger charge is 2.16. The van der Waals surface area contributed by atoms with Crippen molar-refractivity contribution in [3.8, 4) is 0 Å². The van der Waals surface area contributed by atoms with Crippen LogP contribution in [0, 0.1) is 6.92 Å². The predicted molar refractivity (Wildman–Crippen MR) is 65.4 cm³/mol. The molecule has 88 valence electrons. The van der Waals surface area contributed by atoms with Gasteiger partial charge in [0.15, 0.2) is 0 Å². The fourth-order valence-electron chi connectivity index (χ4n) is 2.31. The van der Waals surface area contributed by atoms with E-state index in [2.05, 4.69) is 23.8 Å². The van der Waals surface area contributed by atoms with Crippen molar-refractivity contribution < 1.29 is 0 Å². The molecule has 2 rings (SSSR count). The lowest BCUT2D eigenvalue weighted by atomic mass is 9.95. The molecule has 16 heavy (non-hydrogen) atoms. The van der Waals surface area contributed by atoms with Crippen molar-refractivity contribution in [2.24, 2.45) is 5.73 Å². The van der Waals surface area contributed by atoms with Gasteiger partial charge < -0.3 is 5.73 Å². The van der Waals surface area contributed by atoms with Crippen LogP contribution < -0.4 is 5.73 Å². The summed E-state index contributed by atoms with van der Waals surface area (Å²) in [6.07, 6.45) is 6.62. The zero-order chi connectivity index (χ0) is 11.5. The van der Waals surface area contributed by atoms with Gasteiger partial charge in [0.05, 0.1) is 0 Å². The van der Waals surface area contributed by atoms with E-state index in [4.69, 9.17) is 5.73 Å². The Morgan fingerprint density at radius 2 is 2.00 bits per heavy atom. The molecule has 3 nitrogen and oxygen atoms in total. The minimum Gasteiger partial charge on any atom is -0.327 e. The number of fused-ring (bicyclic) bond motifs is 1. The zero-order valence-corrected chi connectivity index (χ0v) is 10.3. The zero-order valence-electron chi connectivity index (χ0n) is 10.3. The molecule has 0 saturated carbocycles. The third-order valence-corrected chi connectivity index (χ3v) is 3.41. The monoisotopic (exact) mass is 219 g/mol. The lowest BCUT2D eigenvalue weighted by Crippen LogP contribution is -2.24. The third-order valence-electron chi connectivity index (χ3n) is 3.41. The Morgan fingerprint density at radius 1 is 1.25 bits per heavy atom. The second-order valence-electron chi connectivity index (χ2n) is 4.73. The van der Waals surface area contributed by atoms with Gasteiger partial charge in [-0.15, -0.1) is 0 Å². The first-order valence-corrected chi connectivity index (χ1v) is 6.31. The maximum absolute atomic E-state index is 5.95. The van der Waals surface area contributed by atoms with Crippen molar-refractivity contribution in [3.05, 3.63) is 22.8 Å². The Bertz CT molecular complexity index is 374. The average Bonchev–Trinajstić information content (AvgIpc) is 2.29. The fraction of sp³-hybridized carbons (Fsp3) is 0.692. The van der Waals surface area contributed by atoms with Crippen molar-refractivity contribution in [1.82, 2.24) is 9.97 Å². The van der Waals surface area contributed by atoms with Crippen molar-refractivity contribution in [2.75, 3.05) is 0 Å². The summed E-state index contributed by atoms with van der Waals surface area (Å²) in [6, 6.07) is 0.195. The van der Waals surface area contributed by atoms with E-state index in [1.807, 2.05) is 0 Å². The minimum absolute atomic E-state index is 0.195. The summed E-state index contributed by atoms with van der Waals surface area (Å²) in [4.78, 5) is 9.25. The van der Waals surface area contributed by atoms with Crippen LogP contribution in [0.25, 0.3) is 0 Å². The summed E-state index contributed by atoms with van der Waals surface area (Å²) in [5.74, 6) is 0.938. The summed E-state index contributed by atoms with van der Waals surface area (Å²) >= 11 is 0. The maximum Gasteiger partial charge on any atom is 0.130 e. The van der Waals surface area contributed by atoms with E-state index in [1.54, 1.807) is 0 Å². The van der Waals surface area contributed by atoms with Crippen LogP contribution in [0.5, 0.6) is 0 Å². The van der Waals surface area contributed by atoms with E-state index in [0.29, 0.717) is 0 Å². The van der Waals surface area contributed by atoms with Gasteiger partial charge in [0, 0.05) is 23.9 Å². The second-order valence-corrected chi connectivity index (χ2v) is 4.73. The van der Waals surface area contributed by atoms with Crippen LogP contribution in [0.4, 0.5) is 0 Å². The first kappa shape index (κ1) is 11.5. The number of nitrogens with zero attached hydrogens (tertiary/aromatic N) is 2. The first-order chi connectivity index (χ1) is 7.70. The van der Waals surface area contributed by atoms with E-state index >= 15 is 0 Å². The van der Waals surface area contributed by atoms with Gasteiger partial charge in [0.25, 0.3) is 0 Å². The van der Waals surface area contributed by atoms with E-state index in [1.165, 1.54) is 29.8 Å². The number of nitrogens with two attached hydrogens (primary N) is 1. The van der Waals surface area contributed by atoms with E-state index in [9.17, 15) is 0 Å². The molecule has 0 fully saturated rings. The maximum atomic E-state index is 5.95. The summed E-state index contributed by atoms with van der Waals surface area (Å²) < 4.78 is 0. The number of aryl methyl sites for hydroxylation is 2. The van der Waals surface area contributed by atoms with Crippen LogP contribution in [-0.2, 0) is 19.3 Å². The Hall–Kier alpha value is -0.960. The quantitative estimate of drug-likeness (QED) is 0.845. The molecular formula is C13H21N3. The highest BCUT2D eigenvalue weighted by Crippen LogP contribution is 2.21. The molecule has 1 unspecified atom stereocenters. The van der Waals surface area contributed by atoms with E-state index in [0.717, 1.165) is 31.5 Å². The van der Waals surface area contributed by atoms with Gasteiger partial charge in [-0.2, -0.15) is 0 Å². The number of hydrogen-bond donors (Lipinski definition) is 1. The lowest BCUT2D eigenvalue weighted by Gasteiger charge is -2.18. The fourth-order valence-corrected chi connectivity index (χ4v) is 2.31. The van der Waals surface area contributed by atoms with Gasteiger partial charge in [0.1, 0.15) is 5.82 Å². The minimum atomic E-state index is 0.195. The molecule has 0 spiro atoms. The molecular weight excluding hydrogens is 198 g/mol. The van der Waals surface area contributed by atoms with Crippen LogP contribution in [0.3, 0.4) is 0 Å². The molecule has 1 atom stereocenters. The van der Waals surface area contributed by atoms with Gasteiger partial charge in [0.2, 0.25) is 0 Å². The third kappa shape index (κ3) is 2.40. The van der Waals surface area contributed by atoms with Crippen LogP contribution in [0.15, 0.2) is 0 Å². The molecule has 0 amide bonds. The normalized spacial score (nSPS) is 16.9. The topological polar surface area (TPSA) is 51.8 Å². The predicted octanol–water partition coefficient (Wildman–Crippen LogP) is 1.94. The number of hydrogen-bond acceptors (Lipinski definition) is 3. The standard InChI is InChI=1S/C13H21N3/c1-3-10(14)8-13-15-9(2)11-6-4-5-7-12(11)16-13/h10H,3-8,14H2,1-2H3. The number of rotatable bonds is 3. The molecule has 0 bridgehead atoms. The Kier molecular flexibility index (Phi) is 3.54. The molecule has 1 heterocycles. The lowest BCUT2D eigenvalue weighted by molar-refractivity contribution is 0.602. The highest BCUT2D eigenvalue weighted by atomic mass is 14.9. The summed E-state index contributed by atoms with van der Waals surface area (Å²) in [7, 11) is 0. The molecule has 1 aromatic rings. The van der Waals surface area contributed by atoms with Crippen LogP contribution in [0.2, 0.25) is 0 Å². The van der Waals surface area contributed by atoms with Crippen molar-refractivity contribution in [3.63, 3.8) is 0 Å². The van der Waals surface area contributed by atoms with Gasteiger partial charge in [-0.1, -0.05) is 6.92 Å². The molecule has 3 heteroatoms. The van der Waals surface area contributed by atoms with E-state index in [-0.39, 0.29) is 6.04 Å². The van der Waals surface area contributed by atoms with Gasteiger partial charge in [-0.25, -0.2) is 9.97 Å². The summed E-state index contributed by atoms with van der Waals surface area (Å²) in [5.41, 5.74) is 9.78. The largest absolute Gasteiger partial charge is 0.327 e. The second kappa shape index (κ2) is 4.91. The Morgan fingerprint density at radius 3 is 2.75 bits per heavy atom. The molecule has 0 radical (unpaired) electrons. The molecule has 2 N–H and O–H groups in total. The van der Waals surface area contributed by atoms with Gasteiger partial charge >= 0.3 is 0 Å². The van der Waals surface area contributed by atoms with E-state index < -0.39 is 0 Å². The molecule has 0 aromatic carbocycles. The van der Waals surface area contributed by atoms with Crippen molar-refractivity contribution >= 4 is 0 Å². The van der Waals surface area contributed by atoms with Gasteiger partial charge in [-0.05, 0) is 44.6 Å². The summed E-state index contributed by atoms with van der Waals surface area (Å²) in [5, 5.41) is 0. The number of aromatic nitrogens is 2.